The van der Waals surface area contributed by atoms with Crippen LogP contribution in [0.15, 0.2) is 18.7 Å². The normalized spacial score (nSPS) is 16.5. The molecular weight excluding hydrogens is 222 g/mol. The van der Waals surface area contributed by atoms with E-state index in [9.17, 15) is 9.59 Å². The number of carboxylic acids is 1. The van der Waals surface area contributed by atoms with Crippen LogP contribution in [0.4, 0.5) is 0 Å². The smallest absolute Gasteiger partial charge is 0.326 e. The van der Waals surface area contributed by atoms with Gasteiger partial charge in [0.15, 0.2) is 0 Å². The minimum Gasteiger partial charge on any atom is -0.480 e. The summed E-state index contributed by atoms with van der Waals surface area (Å²) in [5, 5.41) is 11.5. The molecule has 1 heterocycles. The van der Waals surface area contributed by atoms with E-state index >= 15 is 0 Å². The van der Waals surface area contributed by atoms with Crippen LogP contribution < -0.4 is 5.32 Å². The molecule has 1 unspecified atom stereocenters. The molecule has 0 aliphatic heterocycles. The summed E-state index contributed by atoms with van der Waals surface area (Å²) in [7, 11) is 0. The summed E-state index contributed by atoms with van der Waals surface area (Å²) in [6.45, 7) is 0.517. The lowest BCUT2D eigenvalue weighted by atomic mass is 10.2. The standard InChI is InChI=1S/C11H15N3O3/c15-9(3-5-14-6-4-12-7-14)13-10(11(16)17)8-1-2-8/h4,6-8,10H,1-3,5H2,(H,13,15)(H,16,17). The van der Waals surface area contributed by atoms with E-state index in [2.05, 4.69) is 10.3 Å². The highest BCUT2D eigenvalue weighted by Crippen LogP contribution is 2.32. The summed E-state index contributed by atoms with van der Waals surface area (Å²) in [6.07, 6.45) is 7.08. The second-order valence-corrected chi connectivity index (χ2v) is 4.27. The van der Waals surface area contributed by atoms with Crippen molar-refractivity contribution in [2.45, 2.75) is 31.8 Å². The zero-order valence-corrected chi connectivity index (χ0v) is 9.37. The van der Waals surface area contributed by atoms with Crippen LogP contribution in [0.5, 0.6) is 0 Å². The van der Waals surface area contributed by atoms with Crippen LogP contribution in [0.25, 0.3) is 0 Å². The van der Waals surface area contributed by atoms with Gasteiger partial charge in [-0.25, -0.2) is 9.78 Å². The molecule has 2 N–H and O–H groups in total. The summed E-state index contributed by atoms with van der Waals surface area (Å²) >= 11 is 0. The molecule has 1 aromatic rings. The number of carboxylic acid groups (broad SMARTS) is 1. The van der Waals surface area contributed by atoms with Crippen LogP contribution in [0, 0.1) is 5.92 Å². The van der Waals surface area contributed by atoms with E-state index in [4.69, 9.17) is 5.11 Å². The van der Waals surface area contributed by atoms with E-state index in [0.29, 0.717) is 6.54 Å². The Labute approximate surface area is 98.7 Å². The van der Waals surface area contributed by atoms with Gasteiger partial charge in [-0.15, -0.1) is 0 Å². The molecule has 1 fully saturated rings. The molecule has 6 heteroatoms. The third kappa shape index (κ3) is 3.30. The highest BCUT2D eigenvalue weighted by molar-refractivity contribution is 5.83. The molecule has 0 aromatic carbocycles. The van der Waals surface area contributed by atoms with Gasteiger partial charge in [0.2, 0.25) is 5.91 Å². The first-order valence-electron chi connectivity index (χ1n) is 5.64. The molecule has 0 saturated heterocycles. The van der Waals surface area contributed by atoms with Crippen molar-refractivity contribution >= 4 is 11.9 Å². The number of carbonyl (C=O) groups is 2. The number of nitrogens with one attached hydrogen (secondary N) is 1. The fourth-order valence-corrected chi connectivity index (χ4v) is 1.71. The van der Waals surface area contributed by atoms with Crippen molar-refractivity contribution in [1.82, 2.24) is 14.9 Å². The first kappa shape index (κ1) is 11.6. The molecular formula is C11H15N3O3. The van der Waals surface area contributed by atoms with Gasteiger partial charge in [0.05, 0.1) is 6.33 Å². The van der Waals surface area contributed by atoms with Crippen molar-refractivity contribution in [2.75, 3.05) is 0 Å². The highest BCUT2D eigenvalue weighted by atomic mass is 16.4. The maximum absolute atomic E-state index is 11.6. The van der Waals surface area contributed by atoms with Crippen LogP contribution in [-0.2, 0) is 16.1 Å². The molecule has 92 valence electrons. The molecule has 17 heavy (non-hydrogen) atoms. The molecule has 1 aliphatic rings. The average molecular weight is 237 g/mol. The first-order valence-corrected chi connectivity index (χ1v) is 5.64. The topological polar surface area (TPSA) is 84.2 Å². The summed E-state index contributed by atoms with van der Waals surface area (Å²) in [5.41, 5.74) is 0. The second kappa shape index (κ2) is 4.99. The molecule has 1 amide bonds. The number of aryl methyl sites for hydroxylation is 1. The Bertz CT molecular complexity index is 398. The van der Waals surface area contributed by atoms with E-state index in [1.54, 1.807) is 23.3 Å². The average Bonchev–Trinajstić information content (AvgIpc) is 2.99. The zero-order valence-electron chi connectivity index (χ0n) is 9.37. The van der Waals surface area contributed by atoms with Crippen molar-refractivity contribution in [3.05, 3.63) is 18.7 Å². The Kier molecular flexibility index (Phi) is 3.41. The van der Waals surface area contributed by atoms with Crippen LogP contribution in [0.3, 0.4) is 0 Å². The van der Waals surface area contributed by atoms with Crippen LogP contribution in [0.1, 0.15) is 19.3 Å². The number of hydrogen-bond acceptors (Lipinski definition) is 3. The fourth-order valence-electron chi connectivity index (χ4n) is 1.71. The Balaban J connectivity index is 1.77. The van der Waals surface area contributed by atoms with E-state index in [-0.39, 0.29) is 18.2 Å². The van der Waals surface area contributed by atoms with E-state index in [1.807, 2.05) is 0 Å². The number of hydrogen-bond donors (Lipinski definition) is 2. The number of amides is 1. The maximum Gasteiger partial charge on any atom is 0.326 e. The lowest BCUT2D eigenvalue weighted by Gasteiger charge is -2.13. The molecule has 0 spiro atoms. The largest absolute Gasteiger partial charge is 0.480 e. The van der Waals surface area contributed by atoms with Gasteiger partial charge in [-0.1, -0.05) is 0 Å². The van der Waals surface area contributed by atoms with Crippen molar-refractivity contribution < 1.29 is 14.7 Å². The Morgan fingerprint density at radius 1 is 1.53 bits per heavy atom. The SMILES string of the molecule is O=C(CCn1ccnc1)NC(C(=O)O)C1CC1. The molecule has 2 rings (SSSR count). The predicted octanol–water partition coefficient (Wildman–Crippen LogP) is 0.253. The van der Waals surface area contributed by atoms with Gasteiger partial charge >= 0.3 is 5.97 Å². The van der Waals surface area contributed by atoms with Gasteiger partial charge in [0, 0.05) is 25.4 Å². The third-order valence-corrected chi connectivity index (χ3v) is 2.83. The van der Waals surface area contributed by atoms with Crippen LogP contribution in [-0.4, -0.2) is 32.6 Å². The number of carbonyl (C=O) groups excluding carboxylic acids is 1. The van der Waals surface area contributed by atoms with E-state index in [0.717, 1.165) is 12.8 Å². The summed E-state index contributed by atoms with van der Waals surface area (Å²) in [5.74, 6) is -1.05. The molecule has 1 aliphatic carbocycles. The third-order valence-electron chi connectivity index (χ3n) is 2.83. The van der Waals surface area contributed by atoms with Gasteiger partial charge in [0.1, 0.15) is 6.04 Å². The highest BCUT2D eigenvalue weighted by Gasteiger charge is 2.37. The number of nitrogens with zero attached hydrogens (tertiary/aromatic N) is 2. The van der Waals surface area contributed by atoms with Crippen LogP contribution in [0.2, 0.25) is 0 Å². The summed E-state index contributed by atoms with van der Waals surface area (Å²) in [4.78, 5) is 26.4. The van der Waals surface area contributed by atoms with Crippen molar-refractivity contribution in [1.29, 1.82) is 0 Å². The Morgan fingerprint density at radius 3 is 2.82 bits per heavy atom. The van der Waals surface area contributed by atoms with Crippen LogP contribution >= 0.6 is 0 Å². The first-order chi connectivity index (χ1) is 8.16. The number of imidazole rings is 1. The van der Waals surface area contributed by atoms with Gasteiger partial charge in [-0.3, -0.25) is 4.79 Å². The van der Waals surface area contributed by atoms with Gasteiger partial charge < -0.3 is 15.0 Å². The minimum absolute atomic E-state index is 0.115. The lowest BCUT2D eigenvalue weighted by Crippen LogP contribution is -2.42. The van der Waals surface area contributed by atoms with Gasteiger partial charge in [-0.05, 0) is 18.8 Å². The van der Waals surface area contributed by atoms with Crippen molar-refractivity contribution in [3.8, 4) is 0 Å². The molecule has 0 radical (unpaired) electrons. The number of aromatic nitrogens is 2. The zero-order chi connectivity index (χ0) is 12.3. The second-order valence-electron chi connectivity index (χ2n) is 4.27. The number of aliphatic carboxylic acids is 1. The van der Waals surface area contributed by atoms with Crippen molar-refractivity contribution in [2.24, 2.45) is 5.92 Å². The molecule has 6 nitrogen and oxygen atoms in total. The fraction of sp³-hybridized carbons (Fsp3) is 0.545. The summed E-state index contributed by atoms with van der Waals surface area (Å²) in [6, 6.07) is -0.717. The van der Waals surface area contributed by atoms with E-state index in [1.165, 1.54) is 0 Å². The molecule has 1 atom stereocenters. The van der Waals surface area contributed by atoms with Gasteiger partial charge in [0.25, 0.3) is 0 Å². The van der Waals surface area contributed by atoms with Gasteiger partial charge in [-0.2, -0.15) is 0 Å². The Hall–Kier alpha value is -1.85. The van der Waals surface area contributed by atoms with Crippen molar-refractivity contribution in [3.63, 3.8) is 0 Å². The molecule has 1 saturated carbocycles. The monoisotopic (exact) mass is 237 g/mol. The maximum atomic E-state index is 11.6. The number of rotatable bonds is 6. The quantitative estimate of drug-likeness (QED) is 0.743. The molecule has 0 bridgehead atoms. The predicted molar refractivity (Wildman–Crippen MR) is 59.1 cm³/mol. The summed E-state index contributed by atoms with van der Waals surface area (Å²) < 4.78 is 1.78. The Morgan fingerprint density at radius 2 is 2.29 bits per heavy atom. The molecule has 1 aromatic heterocycles. The lowest BCUT2D eigenvalue weighted by molar-refractivity contribution is -0.142. The minimum atomic E-state index is -0.941. The van der Waals surface area contributed by atoms with E-state index < -0.39 is 12.0 Å².